The topological polar surface area (TPSA) is 82.1 Å². The van der Waals surface area contributed by atoms with E-state index in [0.29, 0.717) is 18.1 Å². The summed E-state index contributed by atoms with van der Waals surface area (Å²) in [5.41, 5.74) is 6.84. The largest absolute Gasteiger partial charge is 0.475 e. The SMILES string of the molecule is C#CC(C)(C)Oc1ccc2c(CN(C)C)nn(-c3ccnc(N)n3)c2c1. The van der Waals surface area contributed by atoms with Gasteiger partial charge in [0.1, 0.15) is 5.75 Å². The fourth-order valence-corrected chi connectivity index (χ4v) is 2.62. The van der Waals surface area contributed by atoms with Crippen molar-refractivity contribution in [3.63, 3.8) is 0 Å². The molecule has 0 fully saturated rings. The summed E-state index contributed by atoms with van der Waals surface area (Å²) in [7, 11) is 4.00. The first-order valence-electron chi connectivity index (χ1n) is 8.21. The molecule has 7 nitrogen and oxygen atoms in total. The Labute approximate surface area is 152 Å². The molecule has 0 unspecified atom stereocenters. The van der Waals surface area contributed by atoms with E-state index in [9.17, 15) is 0 Å². The third kappa shape index (κ3) is 3.60. The molecule has 2 heterocycles. The minimum atomic E-state index is -0.704. The standard InChI is InChI=1S/C19H22N6O/c1-6-19(2,3)26-13-7-8-14-15(12-24(4)5)23-25(16(14)11-13)17-9-10-21-18(20)22-17/h1,7-11H,12H2,2-5H3,(H2,20,21,22). The van der Waals surface area contributed by atoms with Crippen molar-refractivity contribution < 1.29 is 4.74 Å². The minimum Gasteiger partial charge on any atom is -0.475 e. The molecule has 0 aliphatic carbocycles. The van der Waals surface area contributed by atoms with Crippen molar-refractivity contribution in [3.05, 3.63) is 36.2 Å². The first-order chi connectivity index (χ1) is 12.3. The zero-order valence-electron chi connectivity index (χ0n) is 15.4. The van der Waals surface area contributed by atoms with Gasteiger partial charge in [0.25, 0.3) is 0 Å². The van der Waals surface area contributed by atoms with E-state index >= 15 is 0 Å². The molecule has 0 atom stereocenters. The van der Waals surface area contributed by atoms with Crippen LogP contribution in [0.5, 0.6) is 5.75 Å². The summed E-state index contributed by atoms with van der Waals surface area (Å²) in [5.74, 6) is 4.09. The molecule has 7 heteroatoms. The van der Waals surface area contributed by atoms with E-state index in [-0.39, 0.29) is 5.95 Å². The van der Waals surface area contributed by atoms with Gasteiger partial charge in [-0.25, -0.2) is 9.67 Å². The third-order valence-corrected chi connectivity index (χ3v) is 3.79. The van der Waals surface area contributed by atoms with E-state index in [1.807, 2.05) is 46.1 Å². The van der Waals surface area contributed by atoms with E-state index in [4.69, 9.17) is 22.0 Å². The number of nitrogens with zero attached hydrogens (tertiary/aromatic N) is 5. The highest BCUT2D eigenvalue weighted by Gasteiger charge is 2.19. The third-order valence-electron chi connectivity index (χ3n) is 3.79. The molecule has 3 rings (SSSR count). The lowest BCUT2D eigenvalue weighted by atomic mass is 10.1. The second kappa shape index (κ2) is 6.65. The first-order valence-corrected chi connectivity index (χ1v) is 8.21. The van der Waals surface area contributed by atoms with E-state index in [2.05, 4.69) is 20.8 Å². The first kappa shape index (κ1) is 17.7. The molecule has 0 amide bonds. The van der Waals surface area contributed by atoms with Gasteiger partial charge in [-0.1, -0.05) is 5.92 Å². The average Bonchev–Trinajstić information content (AvgIpc) is 2.92. The molecule has 2 N–H and O–H groups in total. The van der Waals surface area contributed by atoms with Crippen molar-refractivity contribution in [1.82, 2.24) is 24.6 Å². The summed E-state index contributed by atoms with van der Waals surface area (Å²) in [6.45, 7) is 4.38. The summed E-state index contributed by atoms with van der Waals surface area (Å²) in [6, 6.07) is 7.57. The Morgan fingerprint density at radius 1 is 1.31 bits per heavy atom. The number of benzene rings is 1. The molecule has 0 spiro atoms. The van der Waals surface area contributed by atoms with Crippen LogP contribution in [-0.2, 0) is 6.54 Å². The van der Waals surface area contributed by atoms with Crippen LogP contribution in [0.25, 0.3) is 16.7 Å². The molecule has 0 aliphatic rings. The molecule has 26 heavy (non-hydrogen) atoms. The Hall–Kier alpha value is -3.11. The van der Waals surface area contributed by atoms with Crippen LogP contribution in [-0.4, -0.2) is 44.3 Å². The quantitative estimate of drug-likeness (QED) is 0.711. The van der Waals surface area contributed by atoms with Crippen molar-refractivity contribution in [1.29, 1.82) is 0 Å². The van der Waals surface area contributed by atoms with Crippen molar-refractivity contribution in [2.75, 3.05) is 19.8 Å². The number of nitrogen functional groups attached to an aromatic ring is 1. The zero-order valence-corrected chi connectivity index (χ0v) is 15.4. The number of rotatable bonds is 5. The van der Waals surface area contributed by atoms with Gasteiger partial charge in [-0.15, -0.1) is 6.42 Å². The predicted molar refractivity (Wildman–Crippen MR) is 102 cm³/mol. The average molecular weight is 350 g/mol. The van der Waals surface area contributed by atoms with Crippen molar-refractivity contribution in [3.8, 4) is 23.9 Å². The van der Waals surface area contributed by atoms with Crippen LogP contribution in [0, 0.1) is 12.3 Å². The van der Waals surface area contributed by atoms with Gasteiger partial charge in [-0.05, 0) is 40.1 Å². The predicted octanol–water partition coefficient (Wildman–Crippen LogP) is 2.25. The lowest BCUT2D eigenvalue weighted by Crippen LogP contribution is -2.25. The van der Waals surface area contributed by atoms with E-state index in [1.165, 1.54) is 0 Å². The van der Waals surface area contributed by atoms with Gasteiger partial charge in [0.2, 0.25) is 5.95 Å². The van der Waals surface area contributed by atoms with Crippen molar-refractivity contribution in [2.24, 2.45) is 0 Å². The fraction of sp³-hybridized carbons (Fsp3) is 0.316. The highest BCUT2D eigenvalue weighted by Crippen LogP contribution is 2.28. The van der Waals surface area contributed by atoms with Gasteiger partial charge in [-0.2, -0.15) is 10.1 Å². The molecule has 0 radical (unpaired) electrons. The van der Waals surface area contributed by atoms with Gasteiger partial charge < -0.3 is 15.4 Å². The number of ether oxygens (including phenoxy) is 1. The maximum absolute atomic E-state index is 5.92. The Kier molecular flexibility index (Phi) is 4.53. The highest BCUT2D eigenvalue weighted by molar-refractivity contribution is 5.84. The second-order valence-electron chi connectivity index (χ2n) is 6.80. The Bertz CT molecular complexity index is 983. The number of aromatic nitrogens is 4. The smallest absolute Gasteiger partial charge is 0.221 e. The molecule has 3 aromatic rings. The molecule has 0 saturated carbocycles. The minimum absolute atomic E-state index is 0.196. The normalized spacial score (nSPS) is 11.7. The van der Waals surface area contributed by atoms with E-state index in [1.54, 1.807) is 16.9 Å². The fourth-order valence-electron chi connectivity index (χ4n) is 2.62. The van der Waals surface area contributed by atoms with Crippen LogP contribution in [0.4, 0.5) is 5.95 Å². The molecular formula is C19H22N6O. The van der Waals surface area contributed by atoms with Gasteiger partial charge in [0, 0.05) is 30.3 Å². The zero-order chi connectivity index (χ0) is 18.9. The van der Waals surface area contributed by atoms with Gasteiger partial charge >= 0.3 is 0 Å². The maximum atomic E-state index is 5.92. The molecule has 2 aromatic heterocycles. The summed E-state index contributed by atoms with van der Waals surface area (Å²) in [6.07, 6.45) is 7.14. The van der Waals surface area contributed by atoms with Crippen molar-refractivity contribution >= 4 is 16.9 Å². The molecule has 0 aliphatic heterocycles. The Balaban J connectivity index is 2.17. The lowest BCUT2D eigenvalue weighted by Gasteiger charge is -2.20. The lowest BCUT2D eigenvalue weighted by molar-refractivity contribution is 0.173. The van der Waals surface area contributed by atoms with Crippen LogP contribution >= 0.6 is 0 Å². The van der Waals surface area contributed by atoms with Crippen molar-refractivity contribution in [2.45, 2.75) is 26.0 Å². The molecule has 1 aromatic carbocycles. The molecule has 0 bridgehead atoms. The molecule has 0 saturated heterocycles. The van der Waals surface area contributed by atoms with E-state index in [0.717, 1.165) is 16.6 Å². The van der Waals surface area contributed by atoms with Gasteiger partial charge in [0.05, 0.1) is 11.2 Å². The van der Waals surface area contributed by atoms with Crippen LogP contribution in [0.15, 0.2) is 30.5 Å². The van der Waals surface area contributed by atoms with Gasteiger partial charge in [0.15, 0.2) is 11.4 Å². The van der Waals surface area contributed by atoms with Crippen LogP contribution < -0.4 is 10.5 Å². The second-order valence-corrected chi connectivity index (χ2v) is 6.80. The van der Waals surface area contributed by atoms with Crippen LogP contribution in [0.3, 0.4) is 0 Å². The number of anilines is 1. The number of hydrogen-bond acceptors (Lipinski definition) is 6. The number of hydrogen-bond donors (Lipinski definition) is 1. The Morgan fingerprint density at radius 2 is 2.08 bits per heavy atom. The highest BCUT2D eigenvalue weighted by atomic mass is 16.5. The van der Waals surface area contributed by atoms with E-state index < -0.39 is 5.60 Å². The maximum Gasteiger partial charge on any atom is 0.221 e. The Morgan fingerprint density at radius 3 is 2.73 bits per heavy atom. The number of terminal acetylenes is 1. The number of fused-ring (bicyclic) bond motifs is 1. The van der Waals surface area contributed by atoms with Gasteiger partial charge in [-0.3, -0.25) is 0 Å². The number of nitrogens with two attached hydrogens (primary N) is 1. The molecular weight excluding hydrogens is 328 g/mol. The van der Waals surface area contributed by atoms with Crippen LogP contribution in [0.1, 0.15) is 19.5 Å². The summed E-state index contributed by atoms with van der Waals surface area (Å²) in [5, 5.41) is 5.75. The monoisotopic (exact) mass is 350 g/mol. The van der Waals surface area contributed by atoms with Crippen LogP contribution in [0.2, 0.25) is 0 Å². The summed E-state index contributed by atoms with van der Waals surface area (Å²) >= 11 is 0. The molecule has 134 valence electrons. The summed E-state index contributed by atoms with van der Waals surface area (Å²) in [4.78, 5) is 10.3. The summed E-state index contributed by atoms with van der Waals surface area (Å²) < 4.78 is 7.67.